The second-order valence-electron chi connectivity index (χ2n) is 5.77. The molecule has 3 rings (SSSR count). The van der Waals surface area contributed by atoms with E-state index >= 15 is 0 Å². The van der Waals surface area contributed by atoms with E-state index in [0.29, 0.717) is 21.5 Å². The number of rotatable bonds is 4. The van der Waals surface area contributed by atoms with Gasteiger partial charge in [-0.3, -0.25) is 9.59 Å². The van der Waals surface area contributed by atoms with Crippen molar-refractivity contribution >= 4 is 52.5 Å². The molecule has 0 spiro atoms. The highest BCUT2D eigenvalue weighted by molar-refractivity contribution is 8.00. The largest absolute Gasteiger partial charge is 0.325 e. The molecule has 1 aliphatic heterocycles. The number of amides is 2. The highest BCUT2D eigenvalue weighted by Gasteiger charge is 2.34. The molecule has 4 nitrogen and oxygen atoms in total. The second-order valence-corrected chi connectivity index (χ2v) is 7.66. The topological polar surface area (TPSA) is 49.4 Å². The van der Waals surface area contributed by atoms with Gasteiger partial charge in [0, 0.05) is 5.69 Å². The fourth-order valence-electron chi connectivity index (χ4n) is 2.56. The van der Waals surface area contributed by atoms with Crippen LogP contribution in [0.2, 0.25) is 10.0 Å². The van der Waals surface area contributed by atoms with Crippen molar-refractivity contribution < 1.29 is 9.59 Å². The molecule has 130 valence electrons. The van der Waals surface area contributed by atoms with E-state index in [2.05, 4.69) is 5.32 Å². The summed E-state index contributed by atoms with van der Waals surface area (Å²) in [5.74, 6) is 0.0350. The third-order valence-electron chi connectivity index (χ3n) is 3.85. The van der Waals surface area contributed by atoms with Gasteiger partial charge in [0.1, 0.15) is 11.9 Å². The zero-order valence-electron chi connectivity index (χ0n) is 13.5. The monoisotopic (exact) mass is 394 g/mol. The van der Waals surface area contributed by atoms with Gasteiger partial charge in [0.25, 0.3) is 0 Å². The van der Waals surface area contributed by atoms with E-state index < -0.39 is 0 Å². The fourth-order valence-corrected chi connectivity index (χ4v) is 4.04. The number of carbonyl (C=O) groups is 2. The van der Waals surface area contributed by atoms with Crippen LogP contribution in [0, 0.1) is 6.92 Å². The number of nitrogens with zero attached hydrogens (tertiary/aromatic N) is 1. The van der Waals surface area contributed by atoms with Crippen LogP contribution in [-0.2, 0) is 9.59 Å². The standard InChI is InChI=1S/C18H16Cl2N2O2S/c1-11-2-5-13(6-3-11)21-16(23)9-22-17(24)10-25-18(22)12-4-7-14(19)15(20)8-12/h2-8,18H,9-10H2,1H3,(H,21,23)/t18-/m0/s1. The van der Waals surface area contributed by atoms with Crippen LogP contribution < -0.4 is 5.32 Å². The molecule has 2 aromatic carbocycles. The van der Waals surface area contributed by atoms with Gasteiger partial charge in [-0.05, 0) is 36.8 Å². The Labute approximate surface area is 160 Å². The lowest BCUT2D eigenvalue weighted by molar-refractivity contribution is -0.132. The Morgan fingerprint density at radius 3 is 2.60 bits per heavy atom. The first-order valence-corrected chi connectivity index (χ1v) is 9.47. The van der Waals surface area contributed by atoms with E-state index in [1.54, 1.807) is 17.0 Å². The maximum Gasteiger partial charge on any atom is 0.244 e. The summed E-state index contributed by atoms with van der Waals surface area (Å²) < 4.78 is 0. The van der Waals surface area contributed by atoms with Crippen molar-refractivity contribution in [2.24, 2.45) is 0 Å². The molecule has 0 bridgehead atoms. The molecule has 2 amide bonds. The van der Waals surface area contributed by atoms with Crippen molar-refractivity contribution in [1.82, 2.24) is 4.90 Å². The number of nitrogens with one attached hydrogen (secondary N) is 1. The number of benzene rings is 2. The van der Waals surface area contributed by atoms with E-state index in [0.717, 1.165) is 11.1 Å². The van der Waals surface area contributed by atoms with Crippen LogP contribution in [0.5, 0.6) is 0 Å². The van der Waals surface area contributed by atoms with Gasteiger partial charge >= 0.3 is 0 Å². The number of thioether (sulfide) groups is 1. The highest BCUT2D eigenvalue weighted by Crippen LogP contribution is 2.40. The molecular weight excluding hydrogens is 379 g/mol. The van der Waals surface area contributed by atoms with Crippen LogP contribution in [0.15, 0.2) is 42.5 Å². The lowest BCUT2D eigenvalue weighted by Gasteiger charge is -2.24. The summed E-state index contributed by atoms with van der Waals surface area (Å²) in [7, 11) is 0. The fraction of sp³-hybridized carbons (Fsp3) is 0.222. The molecule has 1 saturated heterocycles. The van der Waals surface area contributed by atoms with Crippen LogP contribution in [0.4, 0.5) is 5.69 Å². The normalized spacial score (nSPS) is 17.0. The summed E-state index contributed by atoms with van der Waals surface area (Å²) in [4.78, 5) is 26.1. The molecule has 0 radical (unpaired) electrons. The maximum absolute atomic E-state index is 12.3. The molecule has 1 heterocycles. The van der Waals surface area contributed by atoms with Crippen molar-refractivity contribution in [3.63, 3.8) is 0 Å². The van der Waals surface area contributed by atoms with Crippen molar-refractivity contribution in [2.75, 3.05) is 17.6 Å². The van der Waals surface area contributed by atoms with Crippen molar-refractivity contribution in [2.45, 2.75) is 12.3 Å². The molecule has 1 atom stereocenters. The molecular formula is C18H16Cl2N2O2S. The minimum Gasteiger partial charge on any atom is -0.325 e. The van der Waals surface area contributed by atoms with Crippen LogP contribution in [0.3, 0.4) is 0 Å². The SMILES string of the molecule is Cc1ccc(NC(=O)CN2C(=O)CS[C@H]2c2ccc(Cl)c(Cl)c2)cc1. The smallest absolute Gasteiger partial charge is 0.244 e. The Morgan fingerprint density at radius 2 is 1.92 bits per heavy atom. The van der Waals surface area contributed by atoms with Crippen LogP contribution in [-0.4, -0.2) is 29.0 Å². The van der Waals surface area contributed by atoms with Gasteiger partial charge in [-0.25, -0.2) is 0 Å². The first kappa shape index (κ1) is 18.1. The van der Waals surface area contributed by atoms with Crippen LogP contribution in [0.1, 0.15) is 16.5 Å². The number of anilines is 1. The lowest BCUT2D eigenvalue weighted by Crippen LogP contribution is -2.36. The Balaban J connectivity index is 1.72. The Bertz CT molecular complexity index is 811. The van der Waals surface area contributed by atoms with E-state index in [1.807, 2.05) is 37.3 Å². The van der Waals surface area contributed by atoms with E-state index in [9.17, 15) is 9.59 Å². The molecule has 0 unspecified atom stereocenters. The van der Waals surface area contributed by atoms with Crippen molar-refractivity contribution in [3.05, 3.63) is 63.6 Å². The molecule has 1 aliphatic rings. The number of aryl methyl sites for hydroxylation is 1. The quantitative estimate of drug-likeness (QED) is 0.829. The highest BCUT2D eigenvalue weighted by atomic mass is 35.5. The van der Waals surface area contributed by atoms with Gasteiger partial charge in [0.2, 0.25) is 11.8 Å². The maximum atomic E-state index is 12.3. The number of hydrogen-bond donors (Lipinski definition) is 1. The van der Waals surface area contributed by atoms with E-state index in [-0.39, 0.29) is 23.7 Å². The minimum atomic E-state index is -0.244. The molecule has 25 heavy (non-hydrogen) atoms. The van der Waals surface area contributed by atoms with E-state index in [4.69, 9.17) is 23.2 Å². The third-order valence-corrected chi connectivity index (χ3v) is 5.84. The summed E-state index contributed by atoms with van der Waals surface area (Å²) >= 11 is 13.5. The van der Waals surface area contributed by atoms with Gasteiger partial charge in [-0.1, -0.05) is 47.0 Å². The van der Waals surface area contributed by atoms with Crippen molar-refractivity contribution in [3.8, 4) is 0 Å². The average molecular weight is 395 g/mol. The second kappa shape index (κ2) is 7.68. The van der Waals surface area contributed by atoms with Crippen molar-refractivity contribution in [1.29, 1.82) is 0 Å². The van der Waals surface area contributed by atoms with E-state index in [1.165, 1.54) is 11.8 Å². The molecule has 2 aromatic rings. The summed E-state index contributed by atoms with van der Waals surface area (Å²) in [6.45, 7) is 1.97. The minimum absolute atomic E-state index is 0.00930. The van der Waals surface area contributed by atoms with Gasteiger partial charge in [0.15, 0.2) is 0 Å². The predicted octanol–water partition coefficient (Wildman–Crippen LogP) is 4.51. The summed E-state index contributed by atoms with van der Waals surface area (Å²) in [5, 5.41) is 3.47. The van der Waals surface area contributed by atoms with Gasteiger partial charge < -0.3 is 10.2 Å². The zero-order chi connectivity index (χ0) is 18.0. The number of halogens is 2. The summed E-state index contributed by atoms with van der Waals surface area (Å²) in [6.07, 6.45) is 0. The third kappa shape index (κ3) is 4.29. The summed E-state index contributed by atoms with van der Waals surface area (Å²) in [6, 6.07) is 12.8. The number of carbonyl (C=O) groups excluding carboxylic acids is 2. The molecule has 1 fully saturated rings. The van der Waals surface area contributed by atoms with Gasteiger partial charge in [-0.15, -0.1) is 11.8 Å². The molecule has 1 N–H and O–H groups in total. The average Bonchev–Trinajstić information content (AvgIpc) is 2.93. The molecule has 0 saturated carbocycles. The predicted molar refractivity (Wildman–Crippen MR) is 103 cm³/mol. The first-order valence-electron chi connectivity index (χ1n) is 7.66. The summed E-state index contributed by atoms with van der Waals surface area (Å²) in [5.41, 5.74) is 2.68. The van der Waals surface area contributed by atoms with Crippen LogP contribution in [0.25, 0.3) is 0 Å². The first-order chi connectivity index (χ1) is 11.9. The Hall–Kier alpha value is -1.69. The Kier molecular flexibility index (Phi) is 5.57. The number of hydrogen-bond acceptors (Lipinski definition) is 3. The zero-order valence-corrected chi connectivity index (χ0v) is 15.8. The Morgan fingerprint density at radius 1 is 1.20 bits per heavy atom. The molecule has 7 heteroatoms. The molecule has 0 aliphatic carbocycles. The lowest BCUT2D eigenvalue weighted by atomic mass is 10.2. The van der Waals surface area contributed by atoms with Gasteiger partial charge in [0.05, 0.1) is 15.8 Å². The molecule has 0 aromatic heterocycles. The van der Waals surface area contributed by atoms with Gasteiger partial charge in [-0.2, -0.15) is 0 Å². The van der Waals surface area contributed by atoms with Crippen LogP contribution >= 0.6 is 35.0 Å².